The molecule has 0 bridgehead atoms. The first-order valence-electron chi connectivity index (χ1n) is 9.67. The Morgan fingerprint density at radius 1 is 1.10 bits per heavy atom. The molecule has 158 valence electrons. The van der Waals surface area contributed by atoms with E-state index in [-0.39, 0.29) is 18.1 Å². The molecule has 1 heterocycles. The molecule has 0 radical (unpaired) electrons. The Hall–Kier alpha value is -3.55. The van der Waals surface area contributed by atoms with E-state index in [2.05, 4.69) is 5.32 Å². The SMILES string of the molecule is CC[C@@H](C)n1c(=O)c2ccccc2n(CC(=O)Nc2ccc(OC)cc2OC)c1=O. The van der Waals surface area contributed by atoms with E-state index >= 15 is 0 Å². The Bertz CT molecular complexity index is 1200. The van der Waals surface area contributed by atoms with Crippen molar-refractivity contribution in [2.24, 2.45) is 0 Å². The summed E-state index contributed by atoms with van der Waals surface area (Å²) in [6.07, 6.45) is 0.614. The number of hydrogen-bond acceptors (Lipinski definition) is 5. The first-order valence-corrected chi connectivity index (χ1v) is 9.67. The van der Waals surface area contributed by atoms with Crippen molar-refractivity contribution >= 4 is 22.5 Å². The summed E-state index contributed by atoms with van der Waals surface area (Å²) in [5.74, 6) is 0.609. The van der Waals surface area contributed by atoms with Crippen LogP contribution in [0.3, 0.4) is 0 Å². The minimum atomic E-state index is -0.509. The van der Waals surface area contributed by atoms with Crippen molar-refractivity contribution in [2.45, 2.75) is 32.9 Å². The number of anilines is 1. The predicted octanol–water partition coefficient (Wildman–Crippen LogP) is 2.79. The number of carbonyl (C=O) groups excluding carboxylic acids is 1. The van der Waals surface area contributed by atoms with E-state index in [4.69, 9.17) is 9.47 Å². The standard InChI is InChI=1S/C22H25N3O5/c1-5-14(2)25-21(27)16-8-6-7-9-18(16)24(22(25)28)13-20(26)23-17-11-10-15(29-3)12-19(17)30-4/h6-12,14H,5,13H2,1-4H3,(H,23,26)/t14-/m1/s1. The molecule has 0 unspecified atom stereocenters. The lowest BCUT2D eigenvalue weighted by Crippen LogP contribution is -2.43. The quantitative estimate of drug-likeness (QED) is 0.646. The zero-order valence-corrected chi connectivity index (χ0v) is 17.5. The normalized spacial score (nSPS) is 11.9. The van der Waals surface area contributed by atoms with Crippen LogP contribution in [0.1, 0.15) is 26.3 Å². The Labute approximate surface area is 173 Å². The van der Waals surface area contributed by atoms with E-state index in [1.807, 2.05) is 13.8 Å². The molecule has 30 heavy (non-hydrogen) atoms. The number of fused-ring (bicyclic) bond motifs is 1. The van der Waals surface area contributed by atoms with Gasteiger partial charge < -0.3 is 14.8 Å². The number of amides is 1. The Balaban J connectivity index is 2.03. The lowest BCUT2D eigenvalue weighted by molar-refractivity contribution is -0.116. The van der Waals surface area contributed by atoms with Crippen molar-refractivity contribution in [1.82, 2.24) is 9.13 Å². The second kappa shape index (κ2) is 8.86. The van der Waals surface area contributed by atoms with E-state index in [0.717, 1.165) is 0 Å². The molecule has 0 aliphatic heterocycles. The maximum absolute atomic E-state index is 13.1. The topological polar surface area (TPSA) is 91.6 Å². The van der Waals surface area contributed by atoms with Gasteiger partial charge in [-0.05, 0) is 37.6 Å². The van der Waals surface area contributed by atoms with Crippen LogP contribution in [0, 0.1) is 0 Å². The summed E-state index contributed by atoms with van der Waals surface area (Å²) >= 11 is 0. The van der Waals surface area contributed by atoms with E-state index < -0.39 is 11.6 Å². The van der Waals surface area contributed by atoms with Gasteiger partial charge in [0.1, 0.15) is 18.0 Å². The first-order chi connectivity index (χ1) is 14.4. The van der Waals surface area contributed by atoms with Crippen molar-refractivity contribution in [3.05, 3.63) is 63.3 Å². The second-order valence-corrected chi connectivity index (χ2v) is 6.93. The molecule has 8 heteroatoms. The first kappa shape index (κ1) is 21.2. The molecule has 0 fully saturated rings. The van der Waals surface area contributed by atoms with Gasteiger partial charge in [0.25, 0.3) is 5.56 Å². The van der Waals surface area contributed by atoms with Crippen LogP contribution >= 0.6 is 0 Å². The number of carbonyl (C=O) groups is 1. The van der Waals surface area contributed by atoms with Gasteiger partial charge in [0, 0.05) is 12.1 Å². The Morgan fingerprint density at radius 2 is 1.83 bits per heavy atom. The fourth-order valence-corrected chi connectivity index (χ4v) is 3.30. The van der Waals surface area contributed by atoms with E-state index in [0.29, 0.717) is 34.5 Å². The summed E-state index contributed by atoms with van der Waals surface area (Å²) in [7, 11) is 3.03. The van der Waals surface area contributed by atoms with Gasteiger partial charge in [0.05, 0.1) is 30.8 Å². The van der Waals surface area contributed by atoms with Crippen LogP contribution in [0.2, 0.25) is 0 Å². The number of aromatic nitrogens is 2. The summed E-state index contributed by atoms with van der Waals surface area (Å²) in [6.45, 7) is 3.47. The molecule has 1 aromatic heterocycles. The van der Waals surface area contributed by atoms with Crippen LogP contribution in [-0.2, 0) is 11.3 Å². The largest absolute Gasteiger partial charge is 0.497 e. The molecule has 0 aliphatic rings. The lowest BCUT2D eigenvalue weighted by atomic mass is 10.2. The molecule has 8 nitrogen and oxygen atoms in total. The van der Waals surface area contributed by atoms with Crippen LogP contribution in [0.15, 0.2) is 52.1 Å². The van der Waals surface area contributed by atoms with Crippen molar-refractivity contribution in [1.29, 1.82) is 0 Å². The van der Waals surface area contributed by atoms with Gasteiger partial charge in [0.2, 0.25) is 5.91 Å². The van der Waals surface area contributed by atoms with Gasteiger partial charge in [-0.3, -0.25) is 18.7 Å². The zero-order chi connectivity index (χ0) is 21.8. The zero-order valence-electron chi connectivity index (χ0n) is 17.5. The van der Waals surface area contributed by atoms with Crippen molar-refractivity contribution in [3.63, 3.8) is 0 Å². The molecule has 3 rings (SSSR count). The van der Waals surface area contributed by atoms with Crippen molar-refractivity contribution < 1.29 is 14.3 Å². The highest BCUT2D eigenvalue weighted by Crippen LogP contribution is 2.29. The number of nitrogens with one attached hydrogen (secondary N) is 1. The van der Waals surface area contributed by atoms with Gasteiger partial charge in [0.15, 0.2) is 0 Å². The van der Waals surface area contributed by atoms with Crippen LogP contribution in [0.25, 0.3) is 10.9 Å². The highest BCUT2D eigenvalue weighted by molar-refractivity contribution is 5.93. The lowest BCUT2D eigenvalue weighted by Gasteiger charge is -2.18. The number of para-hydroxylation sites is 1. The van der Waals surface area contributed by atoms with E-state index in [9.17, 15) is 14.4 Å². The molecule has 0 spiro atoms. The number of benzene rings is 2. The van der Waals surface area contributed by atoms with Crippen LogP contribution in [0.4, 0.5) is 5.69 Å². The molecular formula is C22H25N3O5. The number of hydrogen-bond donors (Lipinski definition) is 1. The average Bonchev–Trinajstić information content (AvgIpc) is 2.76. The molecule has 0 aliphatic carbocycles. The highest BCUT2D eigenvalue weighted by Gasteiger charge is 2.18. The second-order valence-electron chi connectivity index (χ2n) is 6.93. The predicted molar refractivity (Wildman–Crippen MR) is 116 cm³/mol. The number of ether oxygens (including phenoxy) is 2. The molecule has 1 N–H and O–H groups in total. The molecule has 2 aromatic carbocycles. The molecular weight excluding hydrogens is 386 g/mol. The number of methoxy groups -OCH3 is 2. The Morgan fingerprint density at radius 3 is 2.50 bits per heavy atom. The van der Waals surface area contributed by atoms with E-state index in [1.54, 1.807) is 42.5 Å². The summed E-state index contributed by atoms with van der Waals surface area (Å²) in [5.41, 5.74) is 0.0168. The number of rotatable bonds is 7. The third kappa shape index (κ3) is 3.94. The van der Waals surface area contributed by atoms with Gasteiger partial charge >= 0.3 is 5.69 Å². The molecule has 1 amide bonds. The fourth-order valence-electron chi connectivity index (χ4n) is 3.30. The maximum Gasteiger partial charge on any atom is 0.332 e. The summed E-state index contributed by atoms with van der Waals surface area (Å²) in [4.78, 5) is 38.7. The Kier molecular flexibility index (Phi) is 6.25. The van der Waals surface area contributed by atoms with E-state index in [1.165, 1.54) is 23.4 Å². The van der Waals surface area contributed by atoms with Crippen LogP contribution in [-0.4, -0.2) is 29.3 Å². The van der Waals surface area contributed by atoms with Crippen LogP contribution < -0.4 is 26.0 Å². The molecule has 1 atom stereocenters. The minimum absolute atomic E-state index is 0.245. The van der Waals surface area contributed by atoms with Gasteiger partial charge in [-0.1, -0.05) is 19.1 Å². The molecule has 0 saturated carbocycles. The van der Waals surface area contributed by atoms with Crippen molar-refractivity contribution in [3.8, 4) is 11.5 Å². The van der Waals surface area contributed by atoms with Gasteiger partial charge in [-0.15, -0.1) is 0 Å². The molecule has 3 aromatic rings. The summed E-state index contributed by atoms with van der Waals surface area (Å²) in [6, 6.07) is 11.5. The monoisotopic (exact) mass is 411 g/mol. The van der Waals surface area contributed by atoms with Crippen LogP contribution in [0.5, 0.6) is 11.5 Å². The average molecular weight is 411 g/mol. The highest BCUT2D eigenvalue weighted by atomic mass is 16.5. The molecule has 0 saturated heterocycles. The fraction of sp³-hybridized carbons (Fsp3) is 0.318. The van der Waals surface area contributed by atoms with Gasteiger partial charge in [-0.25, -0.2) is 4.79 Å². The minimum Gasteiger partial charge on any atom is -0.497 e. The third-order valence-corrected chi connectivity index (χ3v) is 5.10. The smallest absolute Gasteiger partial charge is 0.332 e. The third-order valence-electron chi connectivity index (χ3n) is 5.10. The summed E-state index contributed by atoms with van der Waals surface area (Å²) in [5, 5.41) is 3.16. The van der Waals surface area contributed by atoms with Gasteiger partial charge in [-0.2, -0.15) is 0 Å². The van der Waals surface area contributed by atoms with Crippen molar-refractivity contribution in [2.75, 3.05) is 19.5 Å². The maximum atomic E-state index is 13.1. The number of nitrogens with zero attached hydrogens (tertiary/aromatic N) is 2. The summed E-state index contributed by atoms with van der Waals surface area (Å²) < 4.78 is 13.0.